The number of rotatable bonds is 6. The maximum atomic E-state index is 14.6. The molecular weight excluding hydrogens is 420 g/mol. The Kier molecular flexibility index (Phi) is 5.54. The number of aromatic nitrogens is 5. The quantitative estimate of drug-likeness (QED) is 0.359. The number of nitro groups is 1. The maximum Gasteiger partial charge on any atom is 0.292 e. The van der Waals surface area contributed by atoms with Crippen LogP contribution in [0.2, 0.25) is 0 Å². The molecule has 0 saturated carbocycles. The summed E-state index contributed by atoms with van der Waals surface area (Å²) in [5.41, 5.74) is 1.31. The Balaban J connectivity index is 1.88. The minimum Gasteiger partial charge on any atom is -0.366 e. The highest BCUT2D eigenvalue weighted by Crippen LogP contribution is 2.35. The Morgan fingerprint density at radius 1 is 1.06 bits per heavy atom. The lowest BCUT2D eigenvalue weighted by atomic mass is 10.0. The predicted molar refractivity (Wildman–Crippen MR) is 112 cm³/mol. The molecule has 162 valence electrons. The van der Waals surface area contributed by atoms with Crippen LogP contribution in [0.15, 0.2) is 54.9 Å². The van der Waals surface area contributed by atoms with Gasteiger partial charge in [-0.15, -0.1) is 5.10 Å². The van der Waals surface area contributed by atoms with E-state index >= 15 is 0 Å². The summed E-state index contributed by atoms with van der Waals surface area (Å²) < 4.78 is 30.8. The van der Waals surface area contributed by atoms with Gasteiger partial charge in [-0.05, 0) is 43.3 Å². The minimum absolute atomic E-state index is 0.0354. The van der Waals surface area contributed by atoms with E-state index in [1.165, 1.54) is 53.5 Å². The Morgan fingerprint density at radius 3 is 2.19 bits per heavy atom. The maximum absolute atomic E-state index is 14.6. The van der Waals surface area contributed by atoms with Crippen LogP contribution in [0.5, 0.6) is 0 Å². The van der Waals surface area contributed by atoms with Gasteiger partial charge in [-0.3, -0.25) is 20.1 Å². The van der Waals surface area contributed by atoms with Crippen LogP contribution >= 0.6 is 0 Å². The van der Waals surface area contributed by atoms with Crippen LogP contribution in [0.1, 0.15) is 23.1 Å². The van der Waals surface area contributed by atoms with Crippen LogP contribution in [0.4, 0.5) is 20.2 Å². The van der Waals surface area contributed by atoms with Crippen molar-refractivity contribution in [1.82, 2.24) is 25.0 Å². The van der Waals surface area contributed by atoms with Crippen LogP contribution in [0.3, 0.4) is 0 Å². The summed E-state index contributed by atoms with van der Waals surface area (Å²) in [6, 6.07) is 8.30. The molecule has 1 aromatic carbocycles. The first-order chi connectivity index (χ1) is 15.4. The van der Waals surface area contributed by atoms with E-state index in [0.29, 0.717) is 17.0 Å². The highest BCUT2D eigenvalue weighted by atomic mass is 19.1. The molecule has 3 heterocycles. The Labute approximate surface area is 180 Å². The van der Waals surface area contributed by atoms with Crippen molar-refractivity contribution in [3.8, 4) is 11.3 Å². The molecule has 0 fully saturated rings. The van der Waals surface area contributed by atoms with Crippen molar-refractivity contribution >= 4 is 11.4 Å². The zero-order chi connectivity index (χ0) is 22.8. The number of halogens is 2. The third-order valence-electron chi connectivity index (χ3n) is 4.88. The molecule has 4 rings (SSSR count). The van der Waals surface area contributed by atoms with Crippen LogP contribution in [-0.2, 0) is 7.05 Å². The van der Waals surface area contributed by atoms with Gasteiger partial charge < -0.3 is 5.32 Å². The van der Waals surface area contributed by atoms with Crippen LogP contribution in [-0.4, -0.2) is 29.9 Å². The molecule has 11 heteroatoms. The van der Waals surface area contributed by atoms with E-state index < -0.39 is 22.6 Å². The van der Waals surface area contributed by atoms with Crippen LogP contribution in [0.25, 0.3) is 11.3 Å². The number of hydrogen-bond donors (Lipinski definition) is 1. The Morgan fingerprint density at radius 2 is 1.69 bits per heavy atom. The summed E-state index contributed by atoms with van der Waals surface area (Å²) in [5.74, 6) is -1.42. The lowest BCUT2D eigenvalue weighted by molar-refractivity contribution is -0.384. The molecule has 0 aliphatic heterocycles. The average molecular weight is 437 g/mol. The van der Waals surface area contributed by atoms with Crippen molar-refractivity contribution < 1.29 is 13.7 Å². The molecule has 32 heavy (non-hydrogen) atoms. The number of nitrogens with zero attached hydrogens (tertiary/aromatic N) is 6. The summed E-state index contributed by atoms with van der Waals surface area (Å²) in [4.78, 5) is 19.2. The second-order valence-electron chi connectivity index (χ2n) is 6.95. The fourth-order valence-corrected chi connectivity index (χ4v) is 3.46. The monoisotopic (exact) mass is 437 g/mol. The molecule has 1 N–H and O–H groups in total. The molecule has 0 amide bonds. The topological polar surface area (TPSA) is 112 Å². The number of aryl methyl sites for hydroxylation is 2. The number of nitrogens with one attached hydrogen (secondary N) is 1. The highest BCUT2D eigenvalue weighted by molar-refractivity contribution is 5.74. The Hall–Kier alpha value is -4.28. The second kappa shape index (κ2) is 8.46. The van der Waals surface area contributed by atoms with Crippen molar-refractivity contribution in [3.63, 3.8) is 0 Å². The molecule has 0 aliphatic carbocycles. The lowest BCUT2D eigenvalue weighted by Gasteiger charge is -2.20. The molecule has 0 unspecified atom stereocenters. The first kappa shape index (κ1) is 21.0. The summed E-state index contributed by atoms with van der Waals surface area (Å²) in [5, 5.41) is 22.5. The van der Waals surface area contributed by atoms with E-state index in [2.05, 4.69) is 25.6 Å². The number of benzene rings is 1. The first-order valence-corrected chi connectivity index (χ1v) is 9.49. The molecule has 0 saturated heterocycles. The minimum atomic E-state index is -1.22. The normalized spacial score (nSPS) is 11.0. The highest BCUT2D eigenvalue weighted by Gasteiger charge is 2.27. The van der Waals surface area contributed by atoms with Crippen molar-refractivity contribution in [2.24, 2.45) is 7.05 Å². The van der Waals surface area contributed by atoms with Crippen molar-refractivity contribution in [2.45, 2.75) is 13.0 Å². The zero-order valence-corrected chi connectivity index (χ0v) is 17.0. The molecule has 0 radical (unpaired) electrons. The molecular formula is C21H17F2N7O2. The standard InChI is InChI=1S/C21H17F2N7O2/c1-12-21(29(2)28-27-12)13-7-8-17(30(31)32)16(11-13)26-20(18-14(22)5-3-9-24-18)19-15(23)6-4-10-25-19/h3-11,20,26H,1-2H3. The number of hydrogen-bond acceptors (Lipinski definition) is 7. The van der Waals surface area contributed by atoms with E-state index in [1.54, 1.807) is 20.0 Å². The molecule has 0 spiro atoms. The number of nitro benzene ring substituents is 1. The van der Waals surface area contributed by atoms with Gasteiger partial charge in [-0.25, -0.2) is 13.5 Å². The van der Waals surface area contributed by atoms with Gasteiger partial charge in [-0.1, -0.05) is 5.21 Å². The average Bonchev–Trinajstić information content (AvgIpc) is 3.11. The van der Waals surface area contributed by atoms with E-state index in [0.717, 1.165) is 0 Å². The van der Waals surface area contributed by atoms with Crippen LogP contribution in [0, 0.1) is 28.7 Å². The molecule has 0 aliphatic rings. The largest absolute Gasteiger partial charge is 0.366 e. The van der Waals surface area contributed by atoms with Crippen molar-refractivity contribution in [1.29, 1.82) is 0 Å². The lowest BCUT2D eigenvalue weighted by Crippen LogP contribution is -2.19. The van der Waals surface area contributed by atoms with Gasteiger partial charge in [0.25, 0.3) is 5.69 Å². The van der Waals surface area contributed by atoms with E-state index in [1.807, 2.05) is 0 Å². The molecule has 4 aromatic rings. The van der Waals surface area contributed by atoms with Gasteiger partial charge in [-0.2, -0.15) is 0 Å². The third kappa shape index (κ3) is 3.87. The van der Waals surface area contributed by atoms with Gasteiger partial charge >= 0.3 is 0 Å². The van der Waals surface area contributed by atoms with E-state index in [4.69, 9.17) is 0 Å². The summed E-state index contributed by atoms with van der Waals surface area (Å²) in [7, 11) is 1.69. The van der Waals surface area contributed by atoms with Gasteiger partial charge in [0, 0.05) is 31.1 Å². The van der Waals surface area contributed by atoms with E-state index in [9.17, 15) is 18.9 Å². The molecule has 0 atom stereocenters. The fraction of sp³-hybridized carbons (Fsp3) is 0.143. The third-order valence-corrected chi connectivity index (χ3v) is 4.88. The van der Waals surface area contributed by atoms with Crippen molar-refractivity contribution in [3.05, 3.63) is 93.7 Å². The number of pyridine rings is 2. The SMILES string of the molecule is Cc1nnn(C)c1-c1ccc([N+](=O)[O-])c(NC(c2ncccc2F)c2ncccc2F)c1. The van der Waals surface area contributed by atoms with Gasteiger partial charge in [0.1, 0.15) is 34.8 Å². The zero-order valence-electron chi connectivity index (χ0n) is 17.0. The Bertz CT molecular complexity index is 1240. The fourth-order valence-electron chi connectivity index (χ4n) is 3.46. The summed E-state index contributed by atoms with van der Waals surface area (Å²) >= 11 is 0. The van der Waals surface area contributed by atoms with Gasteiger partial charge in [0.05, 0.1) is 16.3 Å². The summed E-state index contributed by atoms with van der Waals surface area (Å²) in [6.07, 6.45) is 2.70. The van der Waals surface area contributed by atoms with E-state index in [-0.39, 0.29) is 22.8 Å². The van der Waals surface area contributed by atoms with Crippen molar-refractivity contribution in [2.75, 3.05) is 5.32 Å². The molecule has 0 bridgehead atoms. The van der Waals surface area contributed by atoms with Crippen LogP contribution < -0.4 is 5.32 Å². The molecule has 9 nitrogen and oxygen atoms in total. The predicted octanol–water partition coefficient (Wildman–Crippen LogP) is 3.97. The van der Waals surface area contributed by atoms with Gasteiger partial charge in [0.15, 0.2) is 0 Å². The smallest absolute Gasteiger partial charge is 0.292 e. The summed E-state index contributed by atoms with van der Waals surface area (Å²) in [6.45, 7) is 1.76. The number of anilines is 1. The molecule has 3 aromatic heterocycles. The van der Waals surface area contributed by atoms with Gasteiger partial charge in [0.2, 0.25) is 0 Å². The second-order valence-corrected chi connectivity index (χ2v) is 6.95. The first-order valence-electron chi connectivity index (χ1n) is 9.49.